The number of pyridine rings is 1. The van der Waals surface area contributed by atoms with Gasteiger partial charge in [-0.15, -0.1) is 0 Å². The van der Waals surface area contributed by atoms with E-state index in [4.69, 9.17) is 9.84 Å². The maximum atomic E-state index is 11.1. The number of ether oxygens (including phenoxy) is 1. The molecule has 0 saturated carbocycles. The Kier molecular flexibility index (Phi) is 4.96. The number of carboxylic acids is 1. The molecule has 0 fully saturated rings. The lowest BCUT2D eigenvalue weighted by Crippen LogP contribution is -2.03. The molecular weight excluding hydrogens is 268 g/mol. The van der Waals surface area contributed by atoms with Gasteiger partial charge in [-0.2, -0.15) is 0 Å². The zero-order valence-corrected chi connectivity index (χ0v) is 12.8. The van der Waals surface area contributed by atoms with Gasteiger partial charge in [0.25, 0.3) is 0 Å². The molecule has 1 unspecified atom stereocenters. The van der Waals surface area contributed by atoms with Crippen molar-refractivity contribution in [1.82, 2.24) is 9.55 Å². The van der Waals surface area contributed by atoms with Gasteiger partial charge in [0.15, 0.2) is 0 Å². The van der Waals surface area contributed by atoms with E-state index in [1.54, 1.807) is 19.4 Å². The zero-order chi connectivity index (χ0) is 15.4. The Labute approximate surface area is 124 Å². The van der Waals surface area contributed by atoms with E-state index in [1.807, 2.05) is 0 Å². The predicted molar refractivity (Wildman–Crippen MR) is 81.9 cm³/mol. The summed E-state index contributed by atoms with van der Waals surface area (Å²) >= 11 is 0. The summed E-state index contributed by atoms with van der Waals surface area (Å²) in [5.74, 6) is -0.569. The second kappa shape index (κ2) is 6.72. The van der Waals surface area contributed by atoms with Crippen molar-refractivity contribution in [1.29, 1.82) is 0 Å². The van der Waals surface area contributed by atoms with Crippen LogP contribution in [0.4, 0.5) is 0 Å². The molecule has 1 N–H and O–H groups in total. The van der Waals surface area contributed by atoms with Gasteiger partial charge in [-0.3, -0.25) is 0 Å². The lowest BCUT2D eigenvalue weighted by molar-refractivity contribution is 0.0690. The number of hydrogen-bond acceptors (Lipinski definition) is 3. The summed E-state index contributed by atoms with van der Waals surface area (Å²) in [6.07, 6.45) is 5.75. The lowest BCUT2D eigenvalue weighted by Gasteiger charge is -2.06. The molecule has 0 aliphatic carbocycles. The standard InChI is InChI=1S/C16H22N2O3/c1-4-11(2)13-10-18(6-5-7-21-3)15-8-14(16(19)20)17-9-12(13)15/h8-11H,4-7H2,1-3H3,(H,19,20). The molecule has 0 bridgehead atoms. The fraction of sp³-hybridized carbons (Fsp3) is 0.500. The molecule has 0 radical (unpaired) electrons. The quantitative estimate of drug-likeness (QED) is 0.795. The summed E-state index contributed by atoms with van der Waals surface area (Å²) in [6, 6.07) is 1.66. The van der Waals surface area contributed by atoms with Crippen molar-refractivity contribution < 1.29 is 14.6 Å². The van der Waals surface area contributed by atoms with E-state index in [9.17, 15) is 4.79 Å². The molecule has 21 heavy (non-hydrogen) atoms. The molecule has 0 spiro atoms. The molecule has 0 aromatic carbocycles. The second-order valence-electron chi connectivity index (χ2n) is 5.33. The van der Waals surface area contributed by atoms with Gasteiger partial charge in [0, 0.05) is 38.0 Å². The Hall–Kier alpha value is -1.88. The summed E-state index contributed by atoms with van der Waals surface area (Å²) in [6.45, 7) is 5.83. The highest BCUT2D eigenvalue weighted by Crippen LogP contribution is 2.29. The van der Waals surface area contributed by atoms with Crippen molar-refractivity contribution in [3.05, 3.63) is 29.7 Å². The van der Waals surface area contributed by atoms with Crippen LogP contribution in [-0.2, 0) is 11.3 Å². The van der Waals surface area contributed by atoms with Gasteiger partial charge in [-0.1, -0.05) is 13.8 Å². The van der Waals surface area contributed by atoms with Crippen molar-refractivity contribution >= 4 is 16.9 Å². The highest BCUT2D eigenvalue weighted by atomic mass is 16.5. The van der Waals surface area contributed by atoms with E-state index >= 15 is 0 Å². The SMILES string of the molecule is CCC(C)c1cn(CCCOC)c2cc(C(=O)O)ncc12. The second-order valence-corrected chi connectivity index (χ2v) is 5.33. The highest BCUT2D eigenvalue weighted by molar-refractivity contribution is 5.92. The van der Waals surface area contributed by atoms with Crippen LogP contribution in [0, 0.1) is 0 Å². The van der Waals surface area contributed by atoms with Gasteiger partial charge in [0.05, 0.1) is 5.52 Å². The van der Waals surface area contributed by atoms with Gasteiger partial charge in [-0.05, 0) is 30.4 Å². The van der Waals surface area contributed by atoms with Crippen LogP contribution in [0.3, 0.4) is 0 Å². The molecule has 114 valence electrons. The summed E-state index contributed by atoms with van der Waals surface area (Å²) in [7, 11) is 1.69. The van der Waals surface area contributed by atoms with Gasteiger partial charge in [-0.25, -0.2) is 9.78 Å². The molecule has 0 aliphatic heterocycles. The van der Waals surface area contributed by atoms with Crippen molar-refractivity contribution in [2.75, 3.05) is 13.7 Å². The number of aromatic carboxylic acids is 1. The molecule has 5 nitrogen and oxygen atoms in total. The molecule has 0 aliphatic rings. The number of methoxy groups -OCH3 is 1. The van der Waals surface area contributed by atoms with Crippen LogP contribution >= 0.6 is 0 Å². The number of rotatable bonds is 7. The Morgan fingerprint density at radius 2 is 2.29 bits per heavy atom. The molecular formula is C16H22N2O3. The zero-order valence-electron chi connectivity index (χ0n) is 12.8. The minimum atomic E-state index is -0.994. The van der Waals surface area contributed by atoms with Crippen LogP contribution in [0.25, 0.3) is 10.9 Å². The first-order chi connectivity index (χ1) is 10.1. The highest BCUT2D eigenvalue weighted by Gasteiger charge is 2.15. The van der Waals surface area contributed by atoms with Gasteiger partial charge < -0.3 is 14.4 Å². The predicted octanol–water partition coefficient (Wildman–Crippen LogP) is 3.28. The molecule has 5 heteroatoms. The number of aromatic nitrogens is 2. The van der Waals surface area contributed by atoms with E-state index in [-0.39, 0.29) is 5.69 Å². The van der Waals surface area contributed by atoms with Crippen LogP contribution in [-0.4, -0.2) is 34.3 Å². The Morgan fingerprint density at radius 3 is 2.90 bits per heavy atom. The third-order valence-corrected chi connectivity index (χ3v) is 3.91. The molecule has 2 rings (SSSR count). The van der Waals surface area contributed by atoms with E-state index in [0.29, 0.717) is 12.5 Å². The van der Waals surface area contributed by atoms with Crippen molar-refractivity contribution in [3.8, 4) is 0 Å². The number of carbonyl (C=O) groups is 1. The van der Waals surface area contributed by atoms with Gasteiger partial charge >= 0.3 is 5.97 Å². The first kappa shape index (κ1) is 15.5. The number of aryl methyl sites for hydroxylation is 1. The molecule has 2 aromatic rings. The lowest BCUT2D eigenvalue weighted by atomic mass is 9.99. The number of nitrogens with zero attached hydrogens (tertiary/aromatic N) is 2. The third kappa shape index (κ3) is 3.24. The normalized spacial score (nSPS) is 12.7. The maximum absolute atomic E-state index is 11.1. The minimum absolute atomic E-state index is 0.0873. The fourth-order valence-electron chi connectivity index (χ4n) is 2.51. The minimum Gasteiger partial charge on any atom is -0.477 e. The third-order valence-electron chi connectivity index (χ3n) is 3.91. The molecule has 2 aromatic heterocycles. The average molecular weight is 290 g/mol. The summed E-state index contributed by atoms with van der Waals surface area (Å²) in [5.41, 5.74) is 2.26. The van der Waals surface area contributed by atoms with E-state index < -0.39 is 5.97 Å². The molecule has 2 heterocycles. The average Bonchev–Trinajstić information content (AvgIpc) is 2.85. The van der Waals surface area contributed by atoms with Crippen LogP contribution in [0.5, 0.6) is 0 Å². The molecule has 1 atom stereocenters. The first-order valence-electron chi connectivity index (χ1n) is 7.29. The van der Waals surface area contributed by atoms with Crippen molar-refractivity contribution in [2.24, 2.45) is 0 Å². The van der Waals surface area contributed by atoms with Crippen LogP contribution in [0.1, 0.15) is 48.7 Å². The Balaban J connectivity index is 2.48. The van der Waals surface area contributed by atoms with Gasteiger partial charge in [0.1, 0.15) is 5.69 Å². The fourth-order valence-corrected chi connectivity index (χ4v) is 2.51. The smallest absolute Gasteiger partial charge is 0.354 e. The number of hydrogen-bond donors (Lipinski definition) is 1. The topological polar surface area (TPSA) is 64.3 Å². The van der Waals surface area contributed by atoms with Gasteiger partial charge in [0.2, 0.25) is 0 Å². The Bertz CT molecular complexity index is 634. The maximum Gasteiger partial charge on any atom is 0.354 e. The summed E-state index contributed by atoms with van der Waals surface area (Å²) in [5, 5.41) is 10.2. The van der Waals surface area contributed by atoms with Crippen LogP contribution in [0.2, 0.25) is 0 Å². The van der Waals surface area contributed by atoms with Crippen LogP contribution in [0.15, 0.2) is 18.5 Å². The van der Waals surface area contributed by atoms with E-state index in [2.05, 4.69) is 29.6 Å². The molecule has 0 amide bonds. The number of fused-ring (bicyclic) bond motifs is 1. The first-order valence-corrected chi connectivity index (χ1v) is 7.29. The van der Waals surface area contributed by atoms with Crippen molar-refractivity contribution in [3.63, 3.8) is 0 Å². The monoisotopic (exact) mass is 290 g/mol. The Morgan fingerprint density at radius 1 is 1.52 bits per heavy atom. The van der Waals surface area contributed by atoms with E-state index in [0.717, 1.165) is 30.3 Å². The number of carboxylic acid groups (broad SMARTS) is 1. The largest absolute Gasteiger partial charge is 0.477 e. The molecule has 0 saturated heterocycles. The van der Waals surface area contributed by atoms with Crippen LogP contribution < -0.4 is 0 Å². The summed E-state index contributed by atoms with van der Waals surface area (Å²) < 4.78 is 7.21. The van der Waals surface area contributed by atoms with Crippen molar-refractivity contribution in [2.45, 2.75) is 39.2 Å². The summed E-state index contributed by atoms with van der Waals surface area (Å²) in [4.78, 5) is 15.2. The van der Waals surface area contributed by atoms with E-state index in [1.165, 1.54) is 5.56 Å².